The number of hydrogen-bond donors (Lipinski definition) is 1. The van der Waals surface area contributed by atoms with Crippen LogP contribution in [-0.2, 0) is 4.74 Å². The lowest BCUT2D eigenvalue weighted by Crippen LogP contribution is -2.37. The van der Waals surface area contributed by atoms with Crippen LogP contribution in [0.4, 0.5) is 0 Å². The van der Waals surface area contributed by atoms with Crippen LogP contribution in [0.5, 0.6) is 0 Å². The summed E-state index contributed by atoms with van der Waals surface area (Å²) in [5.41, 5.74) is 2.55. The van der Waals surface area contributed by atoms with E-state index in [1.54, 1.807) is 0 Å². The predicted molar refractivity (Wildman–Crippen MR) is 122 cm³/mol. The number of hydrogen-bond acceptors (Lipinski definition) is 2. The van der Waals surface area contributed by atoms with Crippen molar-refractivity contribution in [1.29, 1.82) is 0 Å². The molecule has 0 bridgehead atoms. The summed E-state index contributed by atoms with van der Waals surface area (Å²) < 4.78 is 7.51. The summed E-state index contributed by atoms with van der Waals surface area (Å²) in [5.74, 6) is 1.71. The van der Waals surface area contributed by atoms with Gasteiger partial charge in [-0.3, -0.25) is 0 Å². The zero-order valence-corrected chi connectivity index (χ0v) is 18.1. The van der Waals surface area contributed by atoms with Gasteiger partial charge in [-0.1, -0.05) is 77.6 Å². The lowest BCUT2D eigenvalue weighted by molar-refractivity contribution is 0.0603. The third-order valence-corrected chi connectivity index (χ3v) is 7.26. The van der Waals surface area contributed by atoms with E-state index in [0.29, 0.717) is 18.1 Å². The average molecular weight is 475 g/mol. The molecule has 3 aliphatic carbocycles. The Bertz CT molecular complexity index is 704. The van der Waals surface area contributed by atoms with E-state index in [1.165, 1.54) is 61.9 Å². The Morgan fingerprint density at radius 1 is 0.889 bits per heavy atom. The molecule has 1 aliphatic heterocycles. The van der Waals surface area contributed by atoms with E-state index in [-0.39, 0.29) is 0 Å². The third kappa shape index (κ3) is 5.05. The van der Waals surface area contributed by atoms with Crippen molar-refractivity contribution in [2.24, 2.45) is 5.92 Å². The molecule has 0 aromatic carbocycles. The van der Waals surface area contributed by atoms with Crippen molar-refractivity contribution in [3.63, 3.8) is 0 Å². The Kier molecular flexibility index (Phi) is 6.72. The highest BCUT2D eigenvalue weighted by Gasteiger charge is 2.32. The number of nitrogens with one attached hydrogen (secondary N) is 1. The molecule has 3 heteroatoms. The van der Waals surface area contributed by atoms with Gasteiger partial charge < -0.3 is 10.1 Å². The zero-order valence-electron chi connectivity index (χ0n) is 15.9. The third-order valence-electron chi connectivity index (χ3n) is 6.01. The summed E-state index contributed by atoms with van der Waals surface area (Å²) >= 11 is 2.60. The monoisotopic (exact) mass is 475 g/mol. The van der Waals surface area contributed by atoms with Crippen LogP contribution in [0.25, 0.3) is 0 Å². The summed E-state index contributed by atoms with van der Waals surface area (Å²) in [6, 6.07) is 0.391. The maximum Gasteiger partial charge on any atom is 0.102 e. The molecule has 0 spiro atoms. The van der Waals surface area contributed by atoms with Gasteiger partial charge in [0.1, 0.15) is 5.76 Å². The van der Waals surface area contributed by atoms with Crippen LogP contribution in [0.3, 0.4) is 0 Å². The van der Waals surface area contributed by atoms with E-state index in [1.807, 2.05) is 0 Å². The Morgan fingerprint density at radius 3 is 2.59 bits per heavy atom. The molecule has 1 heterocycles. The van der Waals surface area contributed by atoms with Gasteiger partial charge in [-0.2, -0.15) is 0 Å². The van der Waals surface area contributed by atoms with Crippen molar-refractivity contribution in [1.82, 2.24) is 5.32 Å². The van der Waals surface area contributed by atoms with Crippen molar-refractivity contribution in [2.45, 2.75) is 61.0 Å². The fourth-order valence-electron chi connectivity index (χ4n) is 4.47. The maximum absolute atomic E-state index is 6.68. The second-order valence-corrected chi connectivity index (χ2v) is 9.76. The van der Waals surface area contributed by atoms with E-state index in [9.17, 15) is 0 Å². The molecule has 2 fully saturated rings. The number of fused-ring (bicyclic) bond motifs is 1. The van der Waals surface area contributed by atoms with E-state index >= 15 is 0 Å². The SMILES string of the molecule is IC1CCC(OC2=CC(C3=C/C=C\C=C/C=C3)=CC3NCCCCC23)CC1. The fourth-order valence-corrected chi connectivity index (χ4v) is 5.19. The van der Waals surface area contributed by atoms with Gasteiger partial charge in [-0.15, -0.1) is 0 Å². The molecular formula is C24H30INO. The number of halogens is 1. The fraction of sp³-hybridized carbons (Fsp3) is 0.500. The standard InChI is InChI=1S/C24H30INO/c25-20-11-13-21(14-12-20)27-24-17-19(18-8-4-2-1-3-5-9-18)16-23-22(24)10-6-7-15-26-23/h1-5,8-9,16-17,20-23,26H,6-7,10-15H2/b2-1-,3-1?,4-2?,5-3-,8-4?,9-5?,18-8?,18-9?. The van der Waals surface area contributed by atoms with Crippen molar-refractivity contribution >= 4 is 22.6 Å². The number of allylic oxidation sites excluding steroid dienone is 10. The first-order valence-electron chi connectivity index (χ1n) is 10.5. The average Bonchev–Trinajstić information content (AvgIpc) is 2.89. The summed E-state index contributed by atoms with van der Waals surface area (Å²) in [5, 5.41) is 3.77. The molecule has 1 saturated carbocycles. The first kappa shape index (κ1) is 19.3. The molecule has 0 aromatic rings. The molecule has 1 saturated heterocycles. The highest BCUT2D eigenvalue weighted by Crippen LogP contribution is 2.37. The van der Waals surface area contributed by atoms with Gasteiger partial charge in [0, 0.05) is 15.9 Å². The maximum atomic E-state index is 6.68. The minimum atomic E-state index is 0.391. The highest BCUT2D eigenvalue weighted by molar-refractivity contribution is 14.1. The van der Waals surface area contributed by atoms with Crippen molar-refractivity contribution in [3.8, 4) is 0 Å². The van der Waals surface area contributed by atoms with Gasteiger partial charge in [-0.05, 0) is 62.3 Å². The molecule has 2 unspecified atom stereocenters. The Balaban J connectivity index is 1.59. The Morgan fingerprint density at radius 2 is 1.70 bits per heavy atom. The number of alkyl halides is 1. The summed E-state index contributed by atoms with van der Waals surface area (Å²) in [6.45, 7) is 1.11. The van der Waals surface area contributed by atoms with Crippen LogP contribution < -0.4 is 5.32 Å². The first-order valence-corrected chi connectivity index (χ1v) is 11.7. The van der Waals surface area contributed by atoms with Crippen molar-refractivity contribution in [3.05, 3.63) is 71.6 Å². The number of ether oxygens (including phenoxy) is 1. The minimum absolute atomic E-state index is 0.391. The largest absolute Gasteiger partial charge is 0.494 e. The van der Waals surface area contributed by atoms with Crippen LogP contribution in [0, 0.1) is 5.92 Å². The van der Waals surface area contributed by atoms with Crippen LogP contribution in [-0.4, -0.2) is 22.6 Å². The van der Waals surface area contributed by atoms with Crippen LogP contribution in [0.15, 0.2) is 71.6 Å². The van der Waals surface area contributed by atoms with E-state index in [0.717, 1.165) is 10.5 Å². The van der Waals surface area contributed by atoms with Gasteiger partial charge in [0.25, 0.3) is 0 Å². The predicted octanol–water partition coefficient (Wildman–Crippen LogP) is 5.94. The lowest BCUT2D eigenvalue weighted by Gasteiger charge is -2.34. The molecule has 144 valence electrons. The molecule has 27 heavy (non-hydrogen) atoms. The highest BCUT2D eigenvalue weighted by atomic mass is 127. The normalized spacial score (nSPS) is 36.1. The molecule has 0 aromatic heterocycles. The number of rotatable bonds is 3. The van der Waals surface area contributed by atoms with Crippen molar-refractivity contribution < 1.29 is 4.74 Å². The van der Waals surface area contributed by atoms with Gasteiger partial charge in [-0.25, -0.2) is 0 Å². The van der Waals surface area contributed by atoms with Gasteiger partial charge in [0.2, 0.25) is 0 Å². The van der Waals surface area contributed by atoms with Crippen LogP contribution in [0.2, 0.25) is 0 Å². The molecule has 0 radical (unpaired) electrons. The summed E-state index contributed by atoms with van der Waals surface area (Å²) in [6.07, 6.45) is 28.8. The Labute approximate surface area is 177 Å². The second-order valence-electron chi connectivity index (χ2n) is 7.99. The van der Waals surface area contributed by atoms with E-state index in [4.69, 9.17) is 4.74 Å². The summed E-state index contributed by atoms with van der Waals surface area (Å²) in [4.78, 5) is 0. The summed E-state index contributed by atoms with van der Waals surface area (Å²) in [7, 11) is 0. The van der Waals surface area contributed by atoms with Gasteiger partial charge >= 0.3 is 0 Å². The smallest absolute Gasteiger partial charge is 0.102 e. The lowest BCUT2D eigenvalue weighted by atomic mass is 9.84. The molecule has 2 atom stereocenters. The minimum Gasteiger partial charge on any atom is -0.494 e. The van der Waals surface area contributed by atoms with Crippen LogP contribution in [0.1, 0.15) is 44.9 Å². The topological polar surface area (TPSA) is 21.3 Å². The van der Waals surface area contributed by atoms with Gasteiger partial charge in [0.15, 0.2) is 0 Å². The van der Waals surface area contributed by atoms with Gasteiger partial charge in [0.05, 0.1) is 6.10 Å². The molecule has 1 N–H and O–H groups in total. The Hall–Kier alpha value is -1.07. The molecule has 2 nitrogen and oxygen atoms in total. The molecule has 4 rings (SSSR count). The van der Waals surface area contributed by atoms with E-state index in [2.05, 4.69) is 82.6 Å². The molecular weight excluding hydrogens is 445 g/mol. The first-order chi connectivity index (χ1) is 13.3. The van der Waals surface area contributed by atoms with Crippen LogP contribution >= 0.6 is 22.6 Å². The zero-order chi connectivity index (χ0) is 18.5. The van der Waals surface area contributed by atoms with E-state index < -0.39 is 0 Å². The second kappa shape index (κ2) is 9.42. The van der Waals surface area contributed by atoms with Crippen molar-refractivity contribution in [2.75, 3.05) is 6.54 Å². The molecule has 0 amide bonds. The quantitative estimate of drug-likeness (QED) is 0.403. The molecule has 4 aliphatic rings.